The molecule has 0 aliphatic rings. The van der Waals surface area contributed by atoms with E-state index < -0.39 is 27.5 Å². The summed E-state index contributed by atoms with van der Waals surface area (Å²) in [5.74, 6) is 2.53. The van der Waals surface area contributed by atoms with Crippen molar-refractivity contribution in [1.82, 2.24) is 9.97 Å². The van der Waals surface area contributed by atoms with E-state index in [4.69, 9.17) is 0 Å². The molecule has 0 saturated carbocycles. The van der Waals surface area contributed by atoms with Crippen LogP contribution in [0.4, 0.5) is 4.39 Å². The van der Waals surface area contributed by atoms with Crippen LogP contribution in [0.1, 0.15) is 16.0 Å². The fourth-order valence-corrected chi connectivity index (χ4v) is 6.04. The van der Waals surface area contributed by atoms with Gasteiger partial charge in [0.1, 0.15) is 15.7 Å². The zero-order valence-electron chi connectivity index (χ0n) is 16.6. The van der Waals surface area contributed by atoms with Gasteiger partial charge in [0.25, 0.3) is 0 Å². The predicted octanol–water partition coefficient (Wildman–Crippen LogP) is 3.88. The molecule has 3 heterocycles. The number of nitrogens with zero attached hydrogens (tertiary/aromatic N) is 1. The highest BCUT2D eigenvalue weighted by atomic mass is 32.2. The molecule has 2 N–H and O–H groups in total. The molecule has 0 unspecified atom stereocenters. The number of nitrogens with one attached hydrogen (secondary N) is 1. The molecular weight excluding hydrogens is 451 g/mol. The van der Waals surface area contributed by atoms with Crippen LogP contribution in [-0.4, -0.2) is 35.2 Å². The van der Waals surface area contributed by atoms with E-state index in [9.17, 15) is 22.7 Å². The number of benzene rings is 1. The second kappa shape index (κ2) is 8.94. The van der Waals surface area contributed by atoms with Gasteiger partial charge in [-0.2, -0.15) is 0 Å². The van der Waals surface area contributed by atoms with Crippen LogP contribution in [-0.2, 0) is 21.1 Å². The van der Waals surface area contributed by atoms with Crippen molar-refractivity contribution in [2.75, 3.05) is 5.75 Å². The van der Waals surface area contributed by atoms with Gasteiger partial charge in [-0.15, -0.1) is 11.3 Å². The second-order valence-corrected chi connectivity index (χ2v) is 10.5. The van der Waals surface area contributed by atoms with E-state index in [0.717, 1.165) is 16.7 Å². The lowest BCUT2D eigenvalue weighted by Gasteiger charge is -2.11. The summed E-state index contributed by atoms with van der Waals surface area (Å²) in [6.07, 6.45) is 3.34. The fourth-order valence-electron chi connectivity index (χ4n) is 3.23. The lowest BCUT2D eigenvalue weighted by atomic mass is 10.0. The van der Waals surface area contributed by atoms with Crippen molar-refractivity contribution in [2.45, 2.75) is 10.6 Å². The Bertz CT molecular complexity index is 1440. The lowest BCUT2D eigenvalue weighted by molar-refractivity contribution is -0.140. The molecule has 0 aliphatic carbocycles. The van der Waals surface area contributed by atoms with Crippen molar-refractivity contribution >= 4 is 38.2 Å². The standard InChI is InChI=1S/C23H17FN2O4S2/c24-18-6-3-15(4-7-18)5-8-19-9-10-21(31-19)32(29,30)14-17(23(27)28)12-16-13-26-22-20(16)2-1-11-25-22/h1-4,6-7,9-11,13,17H,12,14H2,(H,25,26)(H,27,28)/t17-/m0/s1. The Balaban J connectivity index is 1.52. The van der Waals surface area contributed by atoms with Gasteiger partial charge in [-0.1, -0.05) is 11.8 Å². The monoisotopic (exact) mass is 468 g/mol. The highest BCUT2D eigenvalue weighted by Crippen LogP contribution is 2.26. The zero-order chi connectivity index (χ0) is 22.7. The number of aromatic nitrogens is 2. The van der Waals surface area contributed by atoms with Crippen LogP contribution in [0.15, 0.2) is 65.1 Å². The first-order chi connectivity index (χ1) is 15.3. The molecule has 0 bridgehead atoms. The molecule has 0 radical (unpaired) electrons. The number of carbonyl (C=O) groups is 1. The van der Waals surface area contributed by atoms with E-state index in [0.29, 0.717) is 21.7 Å². The van der Waals surface area contributed by atoms with Crippen molar-refractivity contribution < 1.29 is 22.7 Å². The van der Waals surface area contributed by atoms with E-state index in [1.807, 2.05) is 6.07 Å². The second-order valence-electron chi connectivity index (χ2n) is 7.11. The normalized spacial score (nSPS) is 12.3. The Kier molecular flexibility index (Phi) is 6.08. The molecule has 4 rings (SSSR count). The summed E-state index contributed by atoms with van der Waals surface area (Å²) in [7, 11) is -3.83. The average Bonchev–Trinajstić information content (AvgIpc) is 3.41. The summed E-state index contributed by atoms with van der Waals surface area (Å²) in [6, 6.07) is 12.2. The van der Waals surface area contributed by atoms with Crippen molar-refractivity contribution in [1.29, 1.82) is 0 Å². The van der Waals surface area contributed by atoms with Crippen molar-refractivity contribution in [2.24, 2.45) is 5.92 Å². The summed E-state index contributed by atoms with van der Waals surface area (Å²) >= 11 is 0.982. The predicted molar refractivity (Wildman–Crippen MR) is 120 cm³/mol. The number of fused-ring (bicyclic) bond motifs is 1. The number of rotatable bonds is 6. The average molecular weight is 469 g/mol. The number of halogens is 1. The number of thiophene rings is 1. The maximum absolute atomic E-state index is 13.0. The summed E-state index contributed by atoms with van der Waals surface area (Å²) in [5.41, 5.74) is 1.92. The fraction of sp³-hybridized carbons (Fsp3) is 0.130. The molecule has 0 fully saturated rings. The van der Waals surface area contributed by atoms with Crippen LogP contribution in [0.3, 0.4) is 0 Å². The molecule has 9 heteroatoms. The highest BCUT2D eigenvalue weighted by Gasteiger charge is 2.28. The Morgan fingerprint density at radius 2 is 1.94 bits per heavy atom. The first-order valence-electron chi connectivity index (χ1n) is 9.56. The molecule has 1 atom stereocenters. The number of sulfone groups is 1. The minimum Gasteiger partial charge on any atom is -0.481 e. The highest BCUT2D eigenvalue weighted by molar-refractivity contribution is 7.93. The third-order valence-electron chi connectivity index (χ3n) is 4.84. The van der Waals surface area contributed by atoms with Crippen molar-refractivity contribution in [3.8, 4) is 11.8 Å². The van der Waals surface area contributed by atoms with Gasteiger partial charge in [-0.3, -0.25) is 4.79 Å². The van der Waals surface area contributed by atoms with Gasteiger partial charge >= 0.3 is 5.97 Å². The SMILES string of the molecule is O=C(O)[C@@H](Cc1c[nH]c2ncccc12)CS(=O)(=O)c1ccc(C#Cc2ccc(F)cc2)s1. The molecule has 6 nitrogen and oxygen atoms in total. The molecule has 3 aromatic heterocycles. The van der Waals surface area contributed by atoms with Crippen LogP contribution < -0.4 is 0 Å². The maximum atomic E-state index is 13.0. The minimum atomic E-state index is -3.83. The van der Waals surface area contributed by atoms with Gasteiger partial charge < -0.3 is 10.1 Å². The summed E-state index contributed by atoms with van der Waals surface area (Å²) < 4.78 is 38.8. The van der Waals surface area contributed by atoms with Crippen molar-refractivity contribution in [3.63, 3.8) is 0 Å². The number of aromatic amines is 1. The Morgan fingerprint density at radius 3 is 2.69 bits per heavy atom. The van der Waals surface area contributed by atoms with Gasteiger partial charge in [0.15, 0.2) is 9.84 Å². The lowest BCUT2D eigenvalue weighted by Crippen LogP contribution is -2.25. The molecule has 0 amide bonds. The number of carboxylic acids is 1. The number of hydrogen-bond donors (Lipinski definition) is 2. The van der Waals surface area contributed by atoms with E-state index in [1.54, 1.807) is 24.5 Å². The van der Waals surface area contributed by atoms with Gasteiger partial charge in [0.2, 0.25) is 0 Å². The van der Waals surface area contributed by atoms with Gasteiger partial charge in [-0.25, -0.2) is 17.8 Å². The largest absolute Gasteiger partial charge is 0.481 e. The van der Waals surface area contributed by atoms with E-state index in [-0.39, 0.29) is 16.4 Å². The molecule has 0 spiro atoms. The maximum Gasteiger partial charge on any atom is 0.307 e. The third-order valence-corrected chi connectivity index (χ3v) is 8.23. The van der Waals surface area contributed by atoms with Crippen LogP contribution >= 0.6 is 11.3 Å². The van der Waals surface area contributed by atoms with Gasteiger partial charge in [-0.05, 0) is 60.5 Å². The molecule has 0 aliphatic heterocycles. The van der Waals surface area contributed by atoms with Gasteiger partial charge in [0.05, 0.1) is 16.5 Å². The van der Waals surface area contributed by atoms with Crippen LogP contribution in [0.25, 0.3) is 11.0 Å². The summed E-state index contributed by atoms with van der Waals surface area (Å²) in [5, 5.41) is 10.4. The number of carboxylic acid groups (broad SMARTS) is 1. The Hall–Kier alpha value is -3.48. The molecule has 4 aromatic rings. The molecule has 1 aromatic carbocycles. The molecular formula is C23H17FN2O4S2. The molecule has 0 saturated heterocycles. The number of hydrogen-bond acceptors (Lipinski definition) is 5. The van der Waals surface area contributed by atoms with E-state index in [1.165, 1.54) is 30.3 Å². The summed E-state index contributed by atoms with van der Waals surface area (Å²) in [4.78, 5) is 19.5. The number of pyridine rings is 1. The smallest absolute Gasteiger partial charge is 0.307 e. The number of H-pyrrole nitrogens is 1. The third kappa shape index (κ3) is 4.88. The first kappa shape index (κ1) is 21.7. The van der Waals surface area contributed by atoms with Crippen LogP contribution in [0.2, 0.25) is 0 Å². The van der Waals surface area contributed by atoms with Crippen molar-refractivity contribution in [3.05, 3.63) is 82.7 Å². The first-order valence-corrected chi connectivity index (χ1v) is 12.0. The minimum absolute atomic E-state index is 0.0584. The molecule has 32 heavy (non-hydrogen) atoms. The van der Waals surface area contributed by atoms with Crippen LogP contribution in [0.5, 0.6) is 0 Å². The van der Waals surface area contributed by atoms with Gasteiger partial charge in [0, 0.05) is 23.3 Å². The van der Waals surface area contributed by atoms with E-state index in [2.05, 4.69) is 21.8 Å². The summed E-state index contributed by atoms with van der Waals surface area (Å²) in [6.45, 7) is 0. The van der Waals surface area contributed by atoms with Crippen LogP contribution in [0, 0.1) is 23.6 Å². The quantitative estimate of drug-likeness (QED) is 0.419. The molecule has 162 valence electrons. The van der Waals surface area contributed by atoms with E-state index >= 15 is 0 Å². The number of aliphatic carboxylic acids is 1. The Morgan fingerprint density at radius 1 is 1.16 bits per heavy atom. The Labute approximate surface area is 187 Å². The zero-order valence-corrected chi connectivity index (χ0v) is 18.2. The topological polar surface area (TPSA) is 100 Å².